The SMILES string of the molecule is N#CC1=C(SCc2ccc3ccccc3c2)NC(=O)C[C@H]1c1cccc(Br)c1. The molecule has 1 heterocycles. The first-order valence-corrected chi connectivity index (χ1v) is 10.7. The summed E-state index contributed by atoms with van der Waals surface area (Å²) in [5.74, 6) is 0.428. The predicted molar refractivity (Wildman–Crippen MR) is 118 cm³/mol. The minimum atomic E-state index is -0.213. The first-order valence-electron chi connectivity index (χ1n) is 8.94. The lowest BCUT2D eigenvalue weighted by Crippen LogP contribution is -2.30. The normalized spacial score (nSPS) is 16.7. The van der Waals surface area contributed by atoms with Crippen LogP contribution in [0.5, 0.6) is 0 Å². The molecule has 5 heteroatoms. The number of hydrogen-bond donors (Lipinski definition) is 1. The smallest absolute Gasteiger partial charge is 0.225 e. The zero-order chi connectivity index (χ0) is 19.5. The maximum absolute atomic E-state index is 12.3. The monoisotopic (exact) mass is 448 g/mol. The van der Waals surface area contributed by atoms with Crippen LogP contribution in [0.15, 0.2) is 81.8 Å². The second kappa shape index (κ2) is 8.22. The molecule has 0 bridgehead atoms. The Bertz CT molecular complexity index is 1130. The number of amides is 1. The summed E-state index contributed by atoms with van der Waals surface area (Å²) < 4.78 is 0.943. The number of nitrogens with one attached hydrogen (secondary N) is 1. The van der Waals surface area contributed by atoms with Crippen LogP contribution in [0.2, 0.25) is 0 Å². The van der Waals surface area contributed by atoms with Crippen LogP contribution in [0.4, 0.5) is 0 Å². The van der Waals surface area contributed by atoms with Crippen LogP contribution in [0.25, 0.3) is 10.8 Å². The van der Waals surface area contributed by atoms with E-state index in [2.05, 4.69) is 57.6 Å². The van der Waals surface area contributed by atoms with Crippen LogP contribution in [-0.2, 0) is 10.5 Å². The van der Waals surface area contributed by atoms with Gasteiger partial charge in [-0.1, -0.05) is 70.5 Å². The van der Waals surface area contributed by atoms with Crippen molar-refractivity contribution in [1.29, 1.82) is 5.26 Å². The summed E-state index contributed by atoms with van der Waals surface area (Å²) in [7, 11) is 0. The summed E-state index contributed by atoms with van der Waals surface area (Å²) in [5.41, 5.74) is 2.76. The molecular weight excluding hydrogens is 432 g/mol. The number of benzene rings is 3. The van der Waals surface area contributed by atoms with Crippen molar-refractivity contribution < 1.29 is 4.79 Å². The summed E-state index contributed by atoms with van der Waals surface area (Å²) in [4.78, 5) is 12.3. The van der Waals surface area contributed by atoms with E-state index in [0.717, 1.165) is 15.6 Å². The van der Waals surface area contributed by atoms with Crippen molar-refractivity contribution in [2.24, 2.45) is 0 Å². The van der Waals surface area contributed by atoms with Gasteiger partial charge in [0.15, 0.2) is 0 Å². The van der Waals surface area contributed by atoms with Gasteiger partial charge in [-0.3, -0.25) is 4.79 Å². The molecule has 1 N–H and O–H groups in total. The number of carbonyl (C=O) groups excluding carboxylic acids is 1. The number of carbonyl (C=O) groups is 1. The predicted octanol–water partition coefficient (Wildman–Crippen LogP) is 5.87. The van der Waals surface area contributed by atoms with E-state index in [1.54, 1.807) is 0 Å². The third-order valence-electron chi connectivity index (χ3n) is 4.80. The summed E-state index contributed by atoms with van der Waals surface area (Å²) in [6.45, 7) is 0. The molecule has 0 aliphatic carbocycles. The molecule has 0 radical (unpaired) electrons. The maximum Gasteiger partial charge on any atom is 0.225 e. The fourth-order valence-corrected chi connectivity index (χ4v) is 4.86. The number of hydrogen-bond acceptors (Lipinski definition) is 3. The summed E-state index contributed by atoms with van der Waals surface area (Å²) in [5, 5.41) is 15.8. The van der Waals surface area contributed by atoms with E-state index in [0.29, 0.717) is 22.8 Å². The Kier molecular flexibility index (Phi) is 5.52. The van der Waals surface area contributed by atoms with E-state index in [4.69, 9.17) is 0 Å². The molecule has 0 saturated heterocycles. The molecule has 3 aromatic carbocycles. The minimum absolute atomic E-state index is 0.0509. The third kappa shape index (κ3) is 3.99. The van der Waals surface area contributed by atoms with E-state index in [1.807, 2.05) is 36.4 Å². The van der Waals surface area contributed by atoms with E-state index >= 15 is 0 Å². The van der Waals surface area contributed by atoms with Crippen molar-refractivity contribution in [2.75, 3.05) is 0 Å². The van der Waals surface area contributed by atoms with Crippen molar-refractivity contribution in [3.63, 3.8) is 0 Å². The molecule has 0 spiro atoms. The molecule has 0 saturated carbocycles. The highest BCUT2D eigenvalue weighted by Crippen LogP contribution is 2.37. The van der Waals surface area contributed by atoms with Crippen LogP contribution in [0.3, 0.4) is 0 Å². The van der Waals surface area contributed by atoms with Gasteiger partial charge < -0.3 is 5.32 Å². The second-order valence-electron chi connectivity index (χ2n) is 6.68. The molecule has 0 fully saturated rings. The first kappa shape index (κ1) is 18.8. The minimum Gasteiger partial charge on any atom is -0.320 e. The largest absolute Gasteiger partial charge is 0.320 e. The van der Waals surface area contributed by atoms with Crippen molar-refractivity contribution in [3.8, 4) is 6.07 Å². The molecule has 1 atom stereocenters. The summed E-state index contributed by atoms with van der Waals surface area (Å²) in [6, 6.07) is 24.8. The van der Waals surface area contributed by atoms with Gasteiger partial charge >= 0.3 is 0 Å². The van der Waals surface area contributed by atoms with Gasteiger partial charge in [0.25, 0.3) is 0 Å². The number of nitrogens with zero attached hydrogens (tertiary/aromatic N) is 1. The Morgan fingerprint density at radius 2 is 1.89 bits per heavy atom. The number of allylic oxidation sites excluding steroid dienone is 1. The standard InChI is InChI=1S/C23H17BrN2OS/c24-19-7-3-6-18(11-19)20-12-22(27)26-23(21(20)13-25)28-14-15-8-9-16-4-1-2-5-17(16)10-15/h1-11,20H,12,14H2,(H,26,27)/t20-/m0/s1. The molecule has 1 aliphatic rings. The lowest BCUT2D eigenvalue weighted by Gasteiger charge is -2.25. The van der Waals surface area contributed by atoms with E-state index in [-0.39, 0.29) is 11.8 Å². The van der Waals surface area contributed by atoms with Gasteiger partial charge in [0, 0.05) is 22.6 Å². The lowest BCUT2D eigenvalue weighted by atomic mass is 9.87. The van der Waals surface area contributed by atoms with Gasteiger partial charge in [-0.25, -0.2) is 0 Å². The Morgan fingerprint density at radius 3 is 2.68 bits per heavy atom. The molecule has 1 aliphatic heterocycles. The van der Waals surface area contributed by atoms with Gasteiger partial charge in [-0.05, 0) is 34.0 Å². The van der Waals surface area contributed by atoms with Gasteiger partial charge in [0.2, 0.25) is 5.91 Å². The lowest BCUT2D eigenvalue weighted by molar-refractivity contribution is -0.120. The van der Waals surface area contributed by atoms with Crippen LogP contribution in [0.1, 0.15) is 23.5 Å². The molecule has 0 aromatic heterocycles. The number of rotatable bonds is 4. The first-order chi connectivity index (χ1) is 13.6. The van der Waals surface area contributed by atoms with E-state index in [1.165, 1.54) is 22.5 Å². The van der Waals surface area contributed by atoms with E-state index in [9.17, 15) is 10.1 Å². The molecule has 28 heavy (non-hydrogen) atoms. The fraction of sp³-hybridized carbons (Fsp3) is 0.130. The third-order valence-corrected chi connectivity index (χ3v) is 6.39. The topological polar surface area (TPSA) is 52.9 Å². The molecule has 3 nitrogen and oxygen atoms in total. The quantitative estimate of drug-likeness (QED) is 0.542. The molecular formula is C23H17BrN2OS. The summed E-state index contributed by atoms with van der Waals surface area (Å²) in [6.07, 6.45) is 0.291. The van der Waals surface area contributed by atoms with Crippen LogP contribution in [-0.4, -0.2) is 5.91 Å². The highest BCUT2D eigenvalue weighted by atomic mass is 79.9. The number of halogens is 1. The second-order valence-corrected chi connectivity index (χ2v) is 8.59. The average Bonchev–Trinajstić information content (AvgIpc) is 2.71. The zero-order valence-electron chi connectivity index (χ0n) is 15.0. The van der Waals surface area contributed by atoms with Crippen molar-refractivity contribution in [3.05, 3.63) is 92.9 Å². The van der Waals surface area contributed by atoms with Gasteiger partial charge in [-0.2, -0.15) is 5.26 Å². The Balaban J connectivity index is 1.62. The van der Waals surface area contributed by atoms with E-state index < -0.39 is 0 Å². The average molecular weight is 449 g/mol. The summed E-state index contributed by atoms with van der Waals surface area (Å²) >= 11 is 4.99. The maximum atomic E-state index is 12.3. The highest BCUT2D eigenvalue weighted by Gasteiger charge is 2.29. The molecule has 138 valence electrons. The highest BCUT2D eigenvalue weighted by molar-refractivity contribution is 9.10. The van der Waals surface area contributed by atoms with Crippen LogP contribution in [0, 0.1) is 11.3 Å². The van der Waals surface area contributed by atoms with Gasteiger partial charge in [0.1, 0.15) is 0 Å². The Hall–Kier alpha value is -2.55. The molecule has 3 aromatic rings. The Morgan fingerprint density at radius 1 is 1.07 bits per heavy atom. The molecule has 1 amide bonds. The van der Waals surface area contributed by atoms with Crippen molar-refractivity contribution >= 4 is 44.4 Å². The van der Waals surface area contributed by atoms with Crippen molar-refractivity contribution in [2.45, 2.75) is 18.1 Å². The fourth-order valence-electron chi connectivity index (χ4n) is 3.43. The van der Waals surface area contributed by atoms with Crippen LogP contribution < -0.4 is 5.32 Å². The zero-order valence-corrected chi connectivity index (χ0v) is 17.4. The van der Waals surface area contributed by atoms with Crippen LogP contribution >= 0.6 is 27.7 Å². The Labute approximate surface area is 176 Å². The molecule has 4 rings (SSSR count). The number of fused-ring (bicyclic) bond motifs is 1. The van der Waals surface area contributed by atoms with Gasteiger partial charge in [-0.15, -0.1) is 11.8 Å². The molecule has 0 unspecified atom stereocenters. The van der Waals surface area contributed by atoms with Gasteiger partial charge in [0.05, 0.1) is 16.7 Å². The number of nitriles is 1. The van der Waals surface area contributed by atoms with Crippen molar-refractivity contribution in [1.82, 2.24) is 5.32 Å². The number of thioether (sulfide) groups is 1.